The van der Waals surface area contributed by atoms with Crippen LogP contribution in [0.3, 0.4) is 0 Å². The van der Waals surface area contributed by atoms with Crippen LogP contribution in [0, 0.1) is 0 Å². The molecule has 0 aromatic rings. The van der Waals surface area contributed by atoms with E-state index in [1.54, 1.807) is 0 Å². The summed E-state index contributed by atoms with van der Waals surface area (Å²) in [4.78, 5) is 33.9. The van der Waals surface area contributed by atoms with E-state index in [2.05, 4.69) is 5.32 Å². The molecular weight excluding hydrogens is 200 g/mol. The standard InChI is InChI=1S/C9H12N2O4/c12-7(3-4-8(13)14)10-9(15)11-5-1-2-6-11/h3-4H,1-2,5-6H2,(H,13,14)(H,10,12,15)/b4-3+. The molecule has 0 radical (unpaired) electrons. The Morgan fingerprint density at radius 3 is 2.27 bits per heavy atom. The predicted molar refractivity (Wildman–Crippen MR) is 51.1 cm³/mol. The third kappa shape index (κ3) is 3.80. The maximum atomic E-state index is 11.3. The van der Waals surface area contributed by atoms with Gasteiger partial charge >= 0.3 is 12.0 Å². The summed E-state index contributed by atoms with van der Waals surface area (Å²) in [5, 5.41) is 10.3. The van der Waals surface area contributed by atoms with E-state index in [1.165, 1.54) is 4.90 Å². The van der Waals surface area contributed by atoms with Crippen LogP contribution >= 0.6 is 0 Å². The summed E-state index contributed by atoms with van der Waals surface area (Å²) in [5.74, 6) is -1.94. The van der Waals surface area contributed by atoms with Crippen LogP contribution in [0.5, 0.6) is 0 Å². The highest BCUT2D eigenvalue weighted by atomic mass is 16.4. The second kappa shape index (κ2) is 5.14. The van der Waals surface area contributed by atoms with Gasteiger partial charge < -0.3 is 10.0 Å². The van der Waals surface area contributed by atoms with Crippen LogP contribution in [-0.2, 0) is 9.59 Å². The minimum absolute atomic E-state index is 0.465. The molecule has 1 fully saturated rings. The summed E-state index contributed by atoms with van der Waals surface area (Å²) in [7, 11) is 0. The van der Waals surface area contributed by atoms with Gasteiger partial charge in [0.2, 0.25) is 0 Å². The molecule has 2 N–H and O–H groups in total. The number of carboxylic acid groups (broad SMARTS) is 1. The fourth-order valence-electron chi connectivity index (χ4n) is 1.29. The first-order chi connectivity index (χ1) is 7.09. The molecule has 1 saturated heterocycles. The highest BCUT2D eigenvalue weighted by molar-refractivity contribution is 6.02. The molecule has 3 amide bonds. The van der Waals surface area contributed by atoms with Gasteiger partial charge in [-0.2, -0.15) is 0 Å². The Hall–Kier alpha value is -1.85. The molecule has 0 aromatic heterocycles. The molecule has 0 bridgehead atoms. The fraction of sp³-hybridized carbons (Fsp3) is 0.444. The SMILES string of the molecule is O=C(O)/C=C/C(=O)NC(=O)N1CCCC1. The third-order valence-electron chi connectivity index (χ3n) is 2.00. The van der Waals surface area contributed by atoms with Gasteiger partial charge in [-0.05, 0) is 12.8 Å². The Kier molecular flexibility index (Phi) is 3.84. The Morgan fingerprint density at radius 2 is 1.73 bits per heavy atom. The molecule has 1 heterocycles. The zero-order chi connectivity index (χ0) is 11.3. The summed E-state index contributed by atoms with van der Waals surface area (Å²) in [5.41, 5.74) is 0. The highest BCUT2D eigenvalue weighted by Crippen LogP contribution is 2.06. The molecule has 1 rings (SSSR count). The summed E-state index contributed by atoms with van der Waals surface area (Å²) in [6.07, 6.45) is 3.38. The average Bonchev–Trinajstić information content (AvgIpc) is 2.67. The summed E-state index contributed by atoms with van der Waals surface area (Å²) in [6.45, 7) is 1.28. The number of carbonyl (C=O) groups excluding carboxylic acids is 2. The second-order valence-electron chi connectivity index (χ2n) is 3.16. The molecule has 0 aromatic carbocycles. The fourth-order valence-corrected chi connectivity index (χ4v) is 1.29. The van der Waals surface area contributed by atoms with E-state index < -0.39 is 17.9 Å². The van der Waals surface area contributed by atoms with Crippen LogP contribution in [0.1, 0.15) is 12.8 Å². The quantitative estimate of drug-likeness (QED) is 0.629. The van der Waals surface area contributed by atoms with E-state index in [4.69, 9.17) is 5.11 Å². The third-order valence-corrected chi connectivity index (χ3v) is 2.00. The van der Waals surface area contributed by atoms with Gasteiger partial charge in [-0.15, -0.1) is 0 Å². The highest BCUT2D eigenvalue weighted by Gasteiger charge is 2.18. The van der Waals surface area contributed by atoms with Gasteiger partial charge in [0.1, 0.15) is 0 Å². The van der Waals surface area contributed by atoms with Crippen molar-refractivity contribution in [1.29, 1.82) is 0 Å². The predicted octanol–water partition coefficient (Wildman–Crippen LogP) is -0.0408. The topological polar surface area (TPSA) is 86.7 Å². The number of carboxylic acids is 1. The minimum atomic E-state index is -1.22. The molecule has 15 heavy (non-hydrogen) atoms. The molecular formula is C9H12N2O4. The van der Waals surface area contributed by atoms with Crippen molar-refractivity contribution < 1.29 is 19.5 Å². The Bertz CT molecular complexity index is 305. The van der Waals surface area contributed by atoms with Crippen molar-refractivity contribution in [2.45, 2.75) is 12.8 Å². The first kappa shape index (κ1) is 11.2. The van der Waals surface area contributed by atoms with Gasteiger partial charge in [0, 0.05) is 25.2 Å². The molecule has 0 aliphatic carbocycles. The van der Waals surface area contributed by atoms with Crippen molar-refractivity contribution in [2.24, 2.45) is 0 Å². The monoisotopic (exact) mass is 212 g/mol. The molecule has 1 aliphatic heterocycles. The number of rotatable bonds is 2. The van der Waals surface area contributed by atoms with Crippen LogP contribution in [0.4, 0.5) is 4.79 Å². The minimum Gasteiger partial charge on any atom is -0.478 e. The molecule has 6 heteroatoms. The van der Waals surface area contributed by atoms with Crippen molar-refractivity contribution in [3.63, 3.8) is 0 Å². The Labute approximate surface area is 86.6 Å². The number of likely N-dealkylation sites (tertiary alicyclic amines) is 1. The van der Waals surface area contributed by atoms with Crippen LogP contribution in [0.25, 0.3) is 0 Å². The maximum absolute atomic E-state index is 11.3. The normalized spacial score (nSPS) is 15.6. The van der Waals surface area contributed by atoms with E-state index in [9.17, 15) is 14.4 Å². The average molecular weight is 212 g/mol. The van der Waals surface area contributed by atoms with Crippen molar-refractivity contribution >= 4 is 17.9 Å². The lowest BCUT2D eigenvalue weighted by Gasteiger charge is -2.14. The zero-order valence-electron chi connectivity index (χ0n) is 8.10. The van der Waals surface area contributed by atoms with Crippen LogP contribution in [0.15, 0.2) is 12.2 Å². The molecule has 0 unspecified atom stereocenters. The lowest BCUT2D eigenvalue weighted by Crippen LogP contribution is -2.40. The van der Waals surface area contributed by atoms with Crippen LogP contribution < -0.4 is 5.32 Å². The van der Waals surface area contributed by atoms with Crippen LogP contribution in [0.2, 0.25) is 0 Å². The van der Waals surface area contributed by atoms with Crippen molar-refractivity contribution in [3.05, 3.63) is 12.2 Å². The van der Waals surface area contributed by atoms with Gasteiger partial charge in [-0.25, -0.2) is 9.59 Å². The van der Waals surface area contributed by atoms with Crippen LogP contribution in [-0.4, -0.2) is 41.0 Å². The van der Waals surface area contributed by atoms with Crippen molar-refractivity contribution in [2.75, 3.05) is 13.1 Å². The van der Waals surface area contributed by atoms with Gasteiger partial charge in [-0.3, -0.25) is 10.1 Å². The van der Waals surface area contributed by atoms with Gasteiger partial charge in [0.25, 0.3) is 5.91 Å². The smallest absolute Gasteiger partial charge is 0.328 e. The number of aliphatic carboxylic acids is 1. The van der Waals surface area contributed by atoms with E-state index in [0.717, 1.165) is 18.9 Å². The molecule has 0 spiro atoms. The molecule has 0 saturated carbocycles. The van der Waals surface area contributed by atoms with Gasteiger partial charge in [0.05, 0.1) is 0 Å². The number of hydrogen-bond donors (Lipinski definition) is 2. The second-order valence-corrected chi connectivity index (χ2v) is 3.16. The first-order valence-corrected chi connectivity index (χ1v) is 4.60. The van der Waals surface area contributed by atoms with Crippen molar-refractivity contribution in [1.82, 2.24) is 10.2 Å². The molecule has 6 nitrogen and oxygen atoms in total. The van der Waals surface area contributed by atoms with E-state index in [0.29, 0.717) is 19.2 Å². The maximum Gasteiger partial charge on any atom is 0.328 e. The number of amides is 3. The summed E-state index contributed by atoms with van der Waals surface area (Å²) >= 11 is 0. The number of carbonyl (C=O) groups is 3. The van der Waals surface area contributed by atoms with Crippen molar-refractivity contribution in [3.8, 4) is 0 Å². The zero-order valence-corrected chi connectivity index (χ0v) is 8.10. The Balaban J connectivity index is 2.37. The number of imide groups is 1. The lowest BCUT2D eigenvalue weighted by molar-refractivity contribution is -0.131. The van der Waals surface area contributed by atoms with Gasteiger partial charge in [0.15, 0.2) is 0 Å². The number of nitrogens with zero attached hydrogens (tertiary/aromatic N) is 1. The summed E-state index contributed by atoms with van der Waals surface area (Å²) < 4.78 is 0. The lowest BCUT2D eigenvalue weighted by atomic mass is 10.4. The molecule has 82 valence electrons. The van der Waals surface area contributed by atoms with E-state index in [-0.39, 0.29) is 0 Å². The number of nitrogens with one attached hydrogen (secondary N) is 1. The number of urea groups is 1. The first-order valence-electron chi connectivity index (χ1n) is 4.60. The van der Waals surface area contributed by atoms with E-state index >= 15 is 0 Å². The number of hydrogen-bond acceptors (Lipinski definition) is 3. The molecule has 0 atom stereocenters. The summed E-state index contributed by atoms with van der Waals surface area (Å²) in [6, 6.07) is -0.465. The largest absolute Gasteiger partial charge is 0.478 e. The molecule has 1 aliphatic rings. The Morgan fingerprint density at radius 1 is 1.13 bits per heavy atom. The van der Waals surface area contributed by atoms with E-state index in [1.807, 2.05) is 0 Å². The van der Waals surface area contributed by atoms with Gasteiger partial charge in [-0.1, -0.05) is 0 Å².